The lowest BCUT2D eigenvalue weighted by molar-refractivity contribution is -0.148. The number of rotatable bonds is 4. The Morgan fingerprint density at radius 1 is 0.895 bits per heavy atom. The quantitative estimate of drug-likeness (QED) is 0.858. The van der Waals surface area contributed by atoms with E-state index in [0.717, 1.165) is 11.1 Å². The topological polar surface area (TPSA) is 54.4 Å². The zero-order valence-corrected chi connectivity index (χ0v) is 9.97. The number of hydrogen-bond acceptors (Lipinski definition) is 2. The van der Waals surface area contributed by atoms with E-state index in [4.69, 9.17) is 5.11 Å². The number of hydrogen-bond donors (Lipinski definition) is 1. The van der Waals surface area contributed by atoms with Gasteiger partial charge in [0.2, 0.25) is 5.78 Å². The smallest absolute Gasteiger partial charge is 0.372 e. The van der Waals surface area contributed by atoms with E-state index in [-0.39, 0.29) is 12.2 Å². The van der Waals surface area contributed by atoms with Gasteiger partial charge in [-0.25, -0.2) is 9.18 Å². The van der Waals surface area contributed by atoms with Gasteiger partial charge in [-0.15, -0.1) is 0 Å². The molecule has 0 saturated heterocycles. The van der Waals surface area contributed by atoms with Crippen LogP contribution in [-0.2, 0) is 16.0 Å². The van der Waals surface area contributed by atoms with E-state index in [0.29, 0.717) is 5.56 Å². The zero-order chi connectivity index (χ0) is 13.8. The van der Waals surface area contributed by atoms with Crippen molar-refractivity contribution in [1.29, 1.82) is 0 Å². The van der Waals surface area contributed by atoms with Gasteiger partial charge in [-0.1, -0.05) is 36.4 Å². The average molecular weight is 258 g/mol. The highest BCUT2D eigenvalue weighted by Gasteiger charge is 2.11. The first-order valence-electron chi connectivity index (χ1n) is 5.67. The van der Waals surface area contributed by atoms with Gasteiger partial charge in [0, 0.05) is 6.42 Å². The van der Waals surface area contributed by atoms with Crippen LogP contribution in [0.25, 0.3) is 11.1 Å². The van der Waals surface area contributed by atoms with Gasteiger partial charge < -0.3 is 5.11 Å². The second-order valence-corrected chi connectivity index (χ2v) is 4.11. The van der Waals surface area contributed by atoms with Crippen molar-refractivity contribution in [3.63, 3.8) is 0 Å². The van der Waals surface area contributed by atoms with Crippen LogP contribution in [0.2, 0.25) is 0 Å². The number of carbonyl (C=O) groups is 2. The van der Waals surface area contributed by atoms with E-state index < -0.39 is 11.8 Å². The summed E-state index contributed by atoms with van der Waals surface area (Å²) in [6, 6.07) is 13.0. The van der Waals surface area contributed by atoms with E-state index in [1.54, 1.807) is 36.4 Å². The van der Waals surface area contributed by atoms with Crippen molar-refractivity contribution in [2.24, 2.45) is 0 Å². The van der Waals surface area contributed by atoms with Crippen molar-refractivity contribution in [2.75, 3.05) is 0 Å². The first-order chi connectivity index (χ1) is 9.06. The first-order valence-corrected chi connectivity index (χ1v) is 5.67. The summed E-state index contributed by atoms with van der Waals surface area (Å²) in [7, 11) is 0. The van der Waals surface area contributed by atoms with E-state index in [2.05, 4.69) is 0 Å². The van der Waals surface area contributed by atoms with Crippen LogP contribution < -0.4 is 0 Å². The molecular formula is C15H11FO3. The van der Waals surface area contributed by atoms with E-state index in [1.165, 1.54) is 12.1 Å². The van der Waals surface area contributed by atoms with Crippen LogP contribution in [0.15, 0.2) is 48.5 Å². The molecule has 3 nitrogen and oxygen atoms in total. The lowest BCUT2D eigenvalue weighted by Gasteiger charge is -2.03. The molecule has 2 aromatic rings. The van der Waals surface area contributed by atoms with Crippen LogP contribution >= 0.6 is 0 Å². The number of halogens is 1. The molecule has 0 aromatic heterocycles. The fraction of sp³-hybridized carbons (Fsp3) is 0.0667. The van der Waals surface area contributed by atoms with Gasteiger partial charge in [0.05, 0.1) is 0 Å². The molecule has 96 valence electrons. The average Bonchev–Trinajstić information content (AvgIpc) is 2.40. The summed E-state index contributed by atoms with van der Waals surface area (Å²) in [5.74, 6) is -2.57. The minimum atomic E-state index is -1.43. The number of Topliss-reactive ketones (excluding diaryl/α,β-unsaturated/α-hetero) is 1. The monoisotopic (exact) mass is 258 g/mol. The molecule has 0 spiro atoms. The number of carbonyl (C=O) groups excluding carboxylic acids is 1. The summed E-state index contributed by atoms with van der Waals surface area (Å²) in [6.07, 6.45) is -0.126. The van der Waals surface area contributed by atoms with Crippen LogP contribution in [0.1, 0.15) is 5.56 Å². The largest absolute Gasteiger partial charge is 0.475 e. The van der Waals surface area contributed by atoms with E-state index in [1.807, 2.05) is 0 Å². The molecule has 0 aliphatic carbocycles. The molecule has 0 bridgehead atoms. The summed E-state index contributed by atoms with van der Waals surface area (Å²) in [4.78, 5) is 21.5. The Hall–Kier alpha value is -2.49. The third kappa shape index (κ3) is 3.25. The summed E-state index contributed by atoms with van der Waals surface area (Å²) in [5.41, 5.74) is 2.38. The highest BCUT2D eigenvalue weighted by atomic mass is 19.1. The SMILES string of the molecule is O=C(O)C(=O)Cc1ccc(-c2ccc(F)cc2)cc1. The van der Waals surface area contributed by atoms with E-state index >= 15 is 0 Å². The number of carboxylic acids is 1. The van der Waals surface area contributed by atoms with Crippen LogP contribution in [0.4, 0.5) is 4.39 Å². The molecule has 0 fully saturated rings. The van der Waals surface area contributed by atoms with Crippen LogP contribution in [0.3, 0.4) is 0 Å². The number of aliphatic carboxylic acids is 1. The standard InChI is InChI=1S/C15H11FO3/c16-13-7-5-12(6-8-13)11-3-1-10(2-4-11)9-14(17)15(18)19/h1-8H,9H2,(H,18,19). The second-order valence-electron chi connectivity index (χ2n) is 4.11. The third-order valence-corrected chi connectivity index (χ3v) is 2.73. The fourth-order valence-electron chi connectivity index (χ4n) is 1.72. The Balaban J connectivity index is 2.16. The maximum Gasteiger partial charge on any atom is 0.372 e. The van der Waals surface area contributed by atoms with Gasteiger partial charge in [-0.2, -0.15) is 0 Å². The van der Waals surface area contributed by atoms with Crippen molar-refractivity contribution in [1.82, 2.24) is 0 Å². The first kappa shape index (κ1) is 13.0. The molecule has 0 unspecified atom stereocenters. The highest BCUT2D eigenvalue weighted by Crippen LogP contribution is 2.20. The van der Waals surface area contributed by atoms with Crippen molar-refractivity contribution in [3.05, 3.63) is 59.9 Å². The molecule has 0 aliphatic heterocycles. The van der Waals surface area contributed by atoms with Crippen molar-refractivity contribution >= 4 is 11.8 Å². The molecule has 1 N–H and O–H groups in total. The molecule has 2 aromatic carbocycles. The summed E-state index contributed by atoms with van der Waals surface area (Å²) in [5, 5.41) is 8.52. The molecule has 0 heterocycles. The maximum atomic E-state index is 12.8. The number of benzene rings is 2. The molecule has 0 atom stereocenters. The third-order valence-electron chi connectivity index (χ3n) is 2.73. The lowest BCUT2D eigenvalue weighted by atomic mass is 10.0. The van der Waals surface area contributed by atoms with Crippen molar-refractivity contribution in [3.8, 4) is 11.1 Å². The zero-order valence-electron chi connectivity index (χ0n) is 9.97. The highest BCUT2D eigenvalue weighted by molar-refractivity contribution is 6.33. The van der Waals surface area contributed by atoms with Crippen LogP contribution in [-0.4, -0.2) is 16.9 Å². The summed E-state index contributed by atoms with van der Waals surface area (Å²) < 4.78 is 12.8. The van der Waals surface area contributed by atoms with Gasteiger partial charge in [-0.3, -0.25) is 4.79 Å². The summed E-state index contributed by atoms with van der Waals surface area (Å²) >= 11 is 0. The van der Waals surface area contributed by atoms with Crippen molar-refractivity contribution in [2.45, 2.75) is 6.42 Å². The predicted octanol–water partition coefficient (Wildman–Crippen LogP) is 2.69. The molecule has 0 amide bonds. The van der Waals surface area contributed by atoms with Gasteiger partial charge in [0.1, 0.15) is 5.82 Å². The number of ketones is 1. The number of carboxylic acid groups (broad SMARTS) is 1. The van der Waals surface area contributed by atoms with Crippen molar-refractivity contribution < 1.29 is 19.1 Å². The Kier molecular flexibility index (Phi) is 3.71. The molecule has 19 heavy (non-hydrogen) atoms. The molecule has 0 aliphatic rings. The van der Waals surface area contributed by atoms with Crippen LogP contribution in [0.5, 0.6) is 0 Å². The van der Waals surface area contributed by atoms with Gasteiger partial charge in [0.25, 0.3) is 0 Å². The predicted molar refractivity (Wildman–Crippen MR) is 68.2 cm³/mol. The Labute approximate surface area is 109 Å². The van der Waals surface area contributed by atoms with Gasteiger partial charge in [0.15, 0.2) is 0 Å². The van der Waals surface area contributed by atoms with Gasteiger partial charge in [-0.05, 0) is 28.8 Å². The fourth-order valence-corrected chi connectivity index (χ4v) is 1.72. The minimum absolute atomic E-state index is 0.126. The van der Waals surface area contributed by atoms with Gasteiger partial charge >= 0.3 is 5.97 Å². The summed E-state index contributed by atoms with van der Waals surface area (Å²) in [6.45, 7) is 0. The Morgan fingerprint density at radius 2 is 1.37 bits per heavy atom. The molecule has 4 heteroatoms. The molecule has 2 rings (SSSR count). The second kappa shape index (κ2) is 5.44. The molecule has 0 saturated carbocycles. The van der Waals surface area contributed by atoms with Crippen LogP contribution in [0, 0.1) is 5.82 Å². The lowest BCUT2D eigenvalue weighted by Crippen LogP contribution is -2.14. The minimum Gasteiger partial charge on any atom is -0.475 e. The Bertz CT molecular complexity index is 600. The molecular weight excluding hydrogens is 247 g/mol. The maximum absolute atomic E-state index is 12.8. The Morgan fingerprint density at radius 3 is 1.84 bits per heavy atom. The molecule has 0 radical (unpaired) electrons. The van der Waals surface area contributed by atoms with E-state index in [9.17, 15) is 14.0 Å². The normalized spacial score (nSPS) is 10.2.